The maximum Gasteiger partial charge on any atom is 0.255 e. The van der Waals surface area contributed by atoms with Gasteiger partial charge in [0.05, 0.1) is 16.3 Å². The SMILES string of the molecule is Cn1cc(C(=O)NCCc2nc(C(C)(C)C)cs2)c(-c2ccc(F)cc2F)n1. The molecule has 3 rings (SSSR count). The summed E-state index contributed by atoms with van der Waals surface area (Å²) in [5.41, 5.74) is 1.52. The van der Waals surface area contributed by atoms with E-state index in [2.05, 4.69) is 36.2 Å². The van der Waals surface area contributed by atoms with Gasteiger partial charge in [0.2, 0.25) is 0 Å². The number of benzene rings is 1. The minimum atomic E-state index is -0.759. The second kappa shape index (κ2) is 7.79. The highest BCUT2D eigenvalue weighted by atomic mass is 32.1. The van der Waals surface area contributed by atoms with Gasteiger partial charge in [-0.15, -0.1) is 11.3 Å². The maximum absolute atomic E-state index is 14.1. The van der Waals surface area contributed by atoms with E-state index in [0.29, 0.717) is 13.0 Å². The van der Waals surface area contributed by atoms with Gasteiger partial charge < -0.3 is 5.32 Å². The molecule has 0 aliphatic rings. The van der Waals surface area contributed by atoms with Crippen LogP contribution in [0.4, 0.5) is 8.78 Å². The van der Waals surface area contributed by atoms with E-state index < -0.39 is 11.6 Å². The van der Waals surface area contributed by atoms with Gasteiger partial charge in [0.1, 0.15) is 17.3 Å². The first-order valence-corrected chi connectivity index (χ1v) is 9.75. The van der Waals surface area contributed by atoms with E-state index in [-0.39, 0.29) is 28.1 Å². The number of aryl methyl sites for hydroxylation is 1. The average Bonchev–Trinajstić information content (AvgIpc) is 3.21. The predicted octanol–water partition coefficient (Wildman–Crippen LogP) is 4.09. The molecule has 0 aliphatic carbocycles. The molecule has 0 fully saturated rings. The van der Waals surface area contributed by atoms with E-state index in [1.807, 2.05) is 5.38 Å². The van der Waals surface area contributed by atoms with E-state index in [1.165, 1.54) is 16.9 Å². The molecular weight excluding hydrogens is 382 g/mol. The molecule has 0 bridgehead atoms. The molecule has 0 radical (unpaired) electrons. The van der Waals surface area contributed by atoms with Crippen molar-refractivity contribution in [3.8, 4) is 11.3 Å². The lowest BCUT2D eigenvalue weighted by atomic mass is 9.93. The fourth-order valence-electron chi connectivity index (χ4n) is 2.68. The molecule has 0 atom stereocenters. The van der Waals surface area contributed by atoms with Gasteiger partial charge in [0, 0.05) is 48.6 Å². The van der Waals surface area contributed by atoms with Gasteiger partial charge in [-0.1, -0.05) is 20.8 Å². The number of nitrogens with zero attached hydrogens (tertiary/aromatic N) is 3. The van der Waals surface area contributed by atoms with Gasteiger partial charge in [-0.3, -0.25) is 9.48 Å². The normalized spacial score (nSPS) is 11.6. The van der Waals surface area contributed by atoms with Gasteiger partial charge in [0.25, 0.3) is 5.91 Å². The summed E-state index contributed by atoms with van der Waals surface area (Å²) in [6.45, 7) is 6.71. The molecule has 0 unspecified atom stereocenters. The molecule has 2 heterocycles. The van der Waals surface area contributed by atoms with Crippen LogP contribution in [0.1, 0.15) is 41.8 Å². The zero-order chi connectivity index (χ0) is 20.5. The van der Waals surface area contributed by atoms with Crippen LogP contribution in [-0.4, -0.2) is 27.2 Å². The first-order chi connectivity index (χ1) is 13.1. The van der Waals surface area contributed by atoms with Crippen molar-refractivity contribution in [1.29, 1.82) is 0 Å². The Kier molecular flexibility index (Phi) is 5.60. The van der Waals surface area contributed by atoms with Crippen LogP contribution < -0.4 is 5.32 Å². The summed E-state index contributed by atoms with van der Waals surface area (Å²) in [5.74, 6) is -1.80. The molecule has 148 valence electrons. The predicted molar refractivity (Wildman–Crippen MR) is 105 cm³/mol. The van der Waals surface area contributed by atoms with E-state index in [0.717, 1.165) is 22.8 Å². The number of amides is 1. The Morgan fingerprint density at radius 1 is 1.29 bits per heavy atom. The second-order valence-corrected chi connectivity index (χ2v) is 8.51. The quantitative estimate of drug-likeness (QED) is 0.697. The molecule has 3 aromatic rings. The lowest BCUT2D eigenvalue weighted by Crippen LogP contribution is -2.26. The molecule has 0 saturated carbocycles. The van der Waals surface area contributed by atoms with Crippen molar-refractivity contribution in [1.82, 2.24) is 20.1 Å². The molecule has 0 aliphatic heterocycles. The molecule has 28 heavy (non-hydrogen) atoms. The van der Waals surface area contributed by atoms with Crippen LogP contribution in [0.5, 0.6) is 0 Å². The van der Waals surface area contributed by atoms with Gasteiger partial charge in [-0.05, 0) is 12.1 Å². The number of thiazole rings is 1. The third-order valence-corrected chi connectivity index (χ3v) is 5.11. The van der Waals surface area contributed by atoms with Crippen LogP contribution in [0, 0.1) is 11.6 Å². The van der Waals surface area contributed by atoms with Crippen molar-refractivity contribution in [3.05, 3.63) is 57.7 Å². The third-order valence-electron chi connectivity index (χ3n) is 4.20. The van der Waals surface area contributed by atoms with Crippen LogP contribution in [-0.2, 0) is 18.9 Å². The molecule has 0 saturated heterocycles. The van der Waals surface area contributed by atoms with Crippen molar-refractivity contribution < 1.29 is 13.6 Å². The molecule has 5 nitrogen and oxygen atoms in total. The highest BCUT2D eigenvalue weighted by Crippen LogP contribution is 2.26. The summed E-state index contributed by atoms with van der Waals surface area (Å²) in [7, 11) is 1.64. The monoisotopic (exact) mass is 404 g/mol. The fraction of sp³-hybridized carbons (Fsp3) is 0.350. The molecule has 1 N–H and O–H groups in total. The Morgan fingerprint density at radius 2 is 2.04 bits per heavy atom. The highest BCUT2D eigenvalue weighted by molar-refractivity contribution is 7.09. The second-order valence-electron chi connectivity index (χ2n) is 7.57. The lowest BCUT2D eigenvalue weighted by molar-refractivity contribution is 0.0954. The van der Waals surface area contributed by atoms with E-state index in [9.17, 15) is 13.6 Å². The first-order valence-electron chi connectivity index (χ1n) is 8.87. The topological polar surface area (TPSA) is 59.8 Å². The van der Waals surface area contributed by atoms with Crippen LogP contribution in [0.25, 0.3) is 11.3 Å². The van der Waals surface area contributed by atoms with Gasteiger partial charge in [-0.25, -0.2) is 13.8 Å². The van der Waals surface area contributed by atoms with Crippen molar-refractivity contribution >= 4 is 17.2 Å². The summed E-state index contributed by atoms with van der Waals surface area (Å²) in [6, 6.07) is 3.21. The zero-order valence-corrected chi connectivity index (χ0v) is 17.0. The smallest absolute Gasteiger partial charge is 0.255 e. The lowest BCUT2D eigenvalue weighted by Gasteiger charge is -2.14. The van der Waals surface area contributed by atoms with Crippen LogP contribution >= 0.6 is 11.3 Å². The van der Waals surface area contributed by atoms with Crippen molar-refractivity contribution in [3.63, 3.8) is 0 Å². The minimum Gasteiger partial charge on any atom is -0.351 e. The number of halogens is 2. The number of rotatable bonds is 5. The minimum absolute atomic E-state index is 0.0121. The summed E-state index contributed by atoms with van der Waals surface area (Å²) in [5, 5.41) is 9.98. The Bertz CT molecular complexity index is 1000. The third kappa shape index (κ3) is 4.44. The fourth-order valence-corrected chi connectivity index (χ4v) is 3.71. The number of hydrogen-bond donors (Lipinski definition) is 1. The Morgan fingerprint density at radius 3 is 2.68 bits per heavy atom. The summed E-state index contributed by atoms with van der Waals surface area (Å²) >= 11 is 1.57. The van der Waals surface area contributed by atoms with Gasteiger partial charge in [-0.2, -0.15) is 5.10 Å². The maximum atomic E-state index is 14.1. The van der Waals surface area contributed by atoms with Crippen molar-refractivity contribution in [2.75, 3.05) is 6.54 Å². The van der Waals surface area contributed by atoms with Crippen molar-refractivity contribution in [2.45, 2.75) is 32.6 Å². The standard InChI is InChI=1S/C20H22F2N4OS/c1-20(2,3)16-11-28-17(24-16)7-8-23-19(27)14-10-26(4)25-18(14)13-6-5-12(21)9-15(13)22/h5-6,9-11H,7-8H2,1-4H3,(H,23,27). The number of carbonyl (C=O) groups excluding carboxylic acids is 1. The highest BCUT2D eigenvalue weighted by Gasteiger charge is 2.20. The van der Waals surface area contributed by atoms with E-state index >= 15 is 0 Å². The molecule has 1 amide bonds. The van der Waals surface area contributed by atoms with Crippen molar-refractivity contribution in [2.24, 2.45) is 7.05 Å². The molecule has 2 aromatic heterocycles. The van der Waals surface area contributed by atoms with Gasteiger partial charge in [0.15, 0.2) is 0 Å². The number of aromatic nitrogens is 3. The molecule has 0 spiro atoms. The number of nitrogens with one attached hydrogen (secondary N) is 1. The summed E-state index contributed by atoms with van der Waals surface area (Å²) < 4.78 is 28.7. The van der Waals surface area contributed by atoms with Crippen LogP contribution in [0.3, 0.4) is 0 Å². The number of hydrogen-bond acceptors (Lipinski definition) is 4. The number of carbonyl (C=O) groups is 1. The van der Waals surface area contributed by atoms with Gasteiger partial charge >= 0.3 is 0 Å². The molecular formula is C20H22F2N4OS. The van der Waals surface area contributed by atoms with E-state index in [4.69, 9.17) is 0 Å². The molecule has 1 aromatic carbocycles. The van der Waals surface area contributed by atoms with E-state index in [1.54, 1.807) is 18.4 Å². The first kappa shape index (κ1) is 20.1. The molecule has 8 heteroatoms. The average molecular weight is 404 g/mol. The Labute approximate surface area is 166 Å². The van der Waals surface area contributed by atoms with Crippen LogP contribution in [0.15, 0.2) is 29.8 Å². The Hall–Kier alpha value is -2.61. The Balaban J connectivity index is 1.71. The van der Waals surface area contributed by atoms with Crippen LogP contribution in [0.2, 0.25) is 0 Å². The largest absolute Gasteiger partial charge is 0.351 e. The summed E-state index contributed by atoms with van der Waals surface area (Å²) in [6.07, 6.45) is 2.13. The zero-order valence-electron chi connectivity index (χ0n) is 16.2. The summed E-state index contributed by atoms with van der Waals surface area (Å²) in [4.78, 5) is 17.2.